The van der Waals surface area contributed by atoms with Gasteiger partial charge in [0.2, 0.25) is 0 Å². The van der Waals surface area contributed by atoms with E-state index in [1.165, 1.54) is 141 Å². The van der Waals surface area contributed by atoms with Crippen LogP contribution in [0.1, 0.15) is 206 Å². The second-order valence-corrected chi connectivity index (χ2v) is 16.5. The molecule has 7 nitrogen and oxygen atoms in total. The first-order valence-corrected chi connectivity index (χ1v) is 22.6. The standard InChI is InChI=1S/C36H76O7P2.2Na/c1-3-5-7-9-11-13-15-17-19-21-23-25-27-29-33-41-44(37,38)36-32-31-35-43-45(39,40)42-34-30-28-26-24-22-20-18-16-14-12-10-8-6-4-2;;/h3-36H2,1-2H3,(H,37,38)(H,39,40);;/q;2*+1/p-2. The van der Waals surface area contributed by atoms with Gasteiger partial charge in [0.05, 0.1) is 19.8 Å². The minimum absolute atomic E-state index is 0. The molecule has 0 heterocycles. The van der Waals surface area contributed by atoms with Crippen LogP contribution in [0.4, 0.5) is 0 Å². The smallest absolute Gasteiger partial charge is 0.778 e. The number of phosphoric acid groups is 1. The zero-order chi connectivity index (χ0) is 33.2. The SMILES string of the molecule is CCCCCCCCCCCCCCCCOP(=O)([O-])CCCCOP(=O)([O-])OCCCCCCCCCCCCCCCC.[Na+].[Na+]. The summed E-state index contributed by atoms with van der Waals surface area (Å²) in [6.07, 6.45) is 35.4. The Hall–Kier alpha value is 2.26. The quantitative estimate of drug-likeness (QED) is 0.0449. The molecule has 0 radical (unpaired) electrons. The fourth-order valence-corrected chi connectivity index (χ4v) is 7.59. The van der Waals surface area contributed by atoms with Gasteiger partial charge in [0.1, 0.15) is 7.60 Å². The Morgan fingerprint density at radius 1 is 0.362 bits per heavy atom. The fraction of sp³-hybridized carbons (Fsp3) is 1.00. The summed E-state index contributed by atoms with van der Waals surface area (Å²) >= 11 is 0. The Bertz CT molecular complexity index is 648. The summed E-state index contributed by atoms with van der Waals surface area (Å²) < 4.78 is 39.0. The van der Waals surface area contributed by atoms with Crippen LogP contribution in [-0.4, -0.2) is 26.0 Å². The van der Waals surface area contributed by atoms with Crippen LogP contribution in [-0.2, 0) is 22.7 Å². The average molecular weight is 727 g/mol. The molecule has 0 fully saturated rings. The van der Waals surface area contributed by atoms with Gasteiger partial charge in [0, 0.05) is 6.16 Å². The van der Waals surface area contributed by atoms with Crippen molar-refractivity contribution < 1.29 is 91.6 Å². The second kappa shape index (κ2) is 41.0. The molecule has 0 saturated heterocycles. The van der Waals surface area contributed by atoms with Gasteiger partial charge in [0.15, 0.2) is 0 Å². The van der Waals surface area contributed by atoms with Crippen LogP contribution < -0.4 is 68.9 Å². The molecule has 0 bridgehead atoms. The van der Waals surface area contributed by atoms with Crippen LogP contribution in [0.5, 0.6) is 0 Å². The molecule has 0 aliphatic rings. The monoisotopic (exact) mass is 726 g/mol. The van der Waals surface area contributed by atoms with Crippen LogP contribution in [0.15, 0.2) is 0 Å². The van der Waals surface area contributed by atoms with E-state index in [9.17, 15) is 18.9 Å². The van der Waals surface area contributed by atoms with Gasteiger partial charge >= 0.3 is 59.1 Å². The summed E-state index contributed by atoms with van der Waals surface area (Å²) in [5, 5.41) is 0. The Morgan fingerprint density at radius 3 is 0.894 bits per heavy atom. The van der Waals surface area contributed by atoms with Gasteiger partial charge in [0.25, 0.3) is 7.82 Å². The van der Waals surface area contributed by atoms with Gasteiger partial charge in [-0.3, -0.25) is 4.57 Å². The Kier molecular flexibility index (Phi) is 46.8. The molecule has 2 atom stereocenters. The first-order chi connectivity index (χ1) is 21.8. The molecular weight excluding hydrogens is 652 g/mol. The van der Waals surface area contributed by atoms with E-state index in [1.807, 2.05) is 0 Å². The predicted octanol–water partition coefficient (Wildman–Crippen LogP) is 5.81. The normalized spacial score (nSPS) is 13.9. The van der Waals surface area contributed by atoms with Gasteiger partial charge in [-0.1, -0.05) is 181 Å². The molecule has 0 N–H and O–H groups in total. The first kappa shape index (κ1) is 53.6. The number of phosphoric ester groups is 1. The van der Waals surface area contributed by atoms with E-state index in [4.69, 9.17) is 13.6 Å². The summed E-state index contributed by atoms with van der Waals surface area (Å²) in [7, 11) is -8.22. The van der Waals surface area contributed by atoms with Crippen molar-refractivity contribution in [2.24, 2.45) is 0 Å². The van der Waals surface area contributed by atoms with Gasteiger partial charge in [-0.05, 0) is 25.7 Å². The van der Waals surface area contributed by atoms with Crippen LogP contribution in [0.2, 0.25) is 0 Å². The van der Waals surface area contributed by atoms with Crippen LogP contribution in [0, 0.1) is 0 Å². The van der Waals surface area contributed by atoms with E-state index in [-0.39, 0.29) is 85.1 Å². The molecule has 0 spiro atoms. The molecule has 0 aliphatic heterocycles. The van der Waals surface area contributed by atoms with Crippen molar-refractivity contribution >= 4 is 15.4 Å². The van der Waals surface area contributed by atoms with Gasteiger partial charge in [-0.15, -0.1) is 0 Å². The van der Waals surface area contributed by atoms with E-state index < -0.39 is 15.4 Å². The minimum Gasteiger partial charge on any atom is -0.778 e. The van der Waals surface area contributed by atoms with E-state index in [1.54, 1.807) is 0 Å². The molecule has 11 heteroatoms. The number of hydrogen-bond acceptors (Lipinski definition) is 7. The second-order valence-electron chi connectivity index (χ2n) is 13.2. The summed E-state index contributed by atoms with van der Waals surface area (Å²) in [4.78, 5) is 24.1. The van der Waals surface area contributed by atoms with Crippen molar-refractivity contribution in [2.75, 3.05) is 26.0 Å². The summed E-state index contributed by atoms with van der Waals surface area (Å²) in [5.41, 5.74) is 0. The molecule has 47 heavy (non-hydrogen) atoms. The minimum atomic E-state index is -4.33. The zero-order valence-electron chi connectivity index (χ0n) is 31.8. The molecule has 0 aromatic heterocycles. The van der Waals surface area contributed by atoms with Crippen LogP contribution in [0.25, 0.3) is 0 Å². The first-order valence-electron chi connectivity index (χ1n) is 19.4. The summed E-state index contributed by atoms with van der Waals surface area (Å²) in [5.74, 6) is 0. The van der Waals surface area contributed by atoms with E-state index in [0.717, 1.165) is 32.1 Å². The molecule has 2 unspecified atom stereocenters. The Morgan fingerprint density at radius 2 is 0.596 bits per heavy atom. The molecule has 0 aliphatic carbocycles. The predicted molar refractivity (Wildman–Crippen MR) is 188 cm³/mol. The molecule has 0 aromatic carbocycles. The number of hydrogen-bond donors (Lipinski definition) is 0. The van der Waals surface area contributed by atoms with E-state index >= 15 is 0 Å². The van der Waals surface area contributed by atoms with E-state index in [2.05, 4.69) is 13.8 Å². The van der Waals surface area contributed by atoms with Gasteiger partial charge in [-0.2, -0.15) is 0 Å². The Balaban J connectivity index is -0.00000968. The number of unbranched alkanes of at least 4 members (excludes halogenated alkanes) is 27. The fourth-order valence-electron chi connectivity index (χ4n) is 5.66. The summed E-state index contributed by atoms with van der Waals surface area (Å²) in [6, 6.07) is 0. The molecule has 0 rings (SSSR count). The van der Waals surface area contributed by atoms with Crippen molar-refractivity contribution in [1.29, 1.82) is 0 Å². The van der Waals surface area contributed by atoms with Crippen LogP contribution in [0.3, 0.4) is 0 Å². The summed E-state index contributed by atoms with van der Waals surface area (Å²) in [6.45, 7) is 4.81. The average Bonchev–Trinajstić information content (AvgIpc) is 3.00. The van der Waals surface area contributed by atoms with Crippen molar-refractivity contribution in [3.8, 4) is 0 Å². The van der Waals surface area contributed by atoms with Crippen molar-refractivity contribution in [2.45, 2.75) is 206 Å². The van der Waals surface area contributed by atoms with Crippen molar-refractivity contribution in [1.82, 2.24) is 0 Å². The molecule has 0 amide bonds. The third kappa shape index (κ3) is 44.3. The van der Waals surface area contributed by atoms with Gasteiger partial charge < -0.3 is 27.9 Å². The van der Waals surface area contributed by atoms with Crippen LogP contribution >= 0.6 is 15.4 Å². The zero-order valence-corrected chi connectivity index (χ0v) is 37.6. The molecule has 272 valence electrons. The maximum Gasteiger partial charge on any atom is 1.00 e. The molecular formula is C36H74Na2O7P2. The van der Waals surface area contributed by atoms with Crippen molar-refractivity contribution in [3.05, 3.63) is 0 Å². The van der Waals surface area contributed by atoms with Crippen molar-refractivity contribution in [3.63, 3.8) is 0 Å². The topological polar surface area (TPSA) is 108 Å². The third-order valence-corrected chi connectivity index (χ3v) is 11.0. The largest absolute Gasteiger partial charge is 1.00 e. The molecule has 0 aromatic rings. The van der Waals surface area contributed by atoms with Gasteiger partial charge in [-0.25, -0.2) is 0 Å². The third-order valence-electron chi connectivity index (χ3n) is 8.61. The maximum atomic E-state index is 12.1. The van der Waals surface area contributed by atoms with E-state index in [0.29, 0.717) is 19.3 Å². The maximum absolute atomic E-state index is 12.1. The number of rotatable bonds is 38. The Labute approximate surface area is 336 Å². The molecule has 0 saturated carbocycles.